The van der Waals surface area contributed by atoms with Crippen LogP contribution in [0.4, 0.5) is 0 Å². The molecular weight excluding hydrogens is 719 g/mol. The maximum absolute atomic E-state index is 13.1. The van der Waals surface area contributed by atoms with Crippen molar-refractivity contribution in [1.82, 2.24) is 5.32 Å². The molecule has 0 aliphatic carbocycles. The number of carbonyl (C=O) groups excluding carboxylic acids is 2. The largest absolute Gasteiger partial charge is 0.462 e. The van der Waals surface area contributed by atoms with Gasteiger partial charge in [0.05, 0.1) is 25.2 Å². The van der Waals surface area contributed by atoms with Crippen LogP contribution in [0.5, 0.6) is 0 Å². The van der Waals surface area contributed by atoms with Crippen molar-refractivity contribution in [3.05, 3.63) is 60.8 Å². The Morgan fingerprint density at radius 1 is 0.500 bits per heavy atom. The second kappa shape index (κ2) is 45.6. The van der Waals surface area contributed by atoms with Crippen LogP contribution in [0.1, 0.15) is 233 Å². The SMILES string of the molecule is CCCCC/C=C\C/C=C\C/C=C\C/C=C\CCCC(=O)OC(CCCCC/C=C\CCCCC)CC(=O)NC(CO)C(O)CCCCCCCCCCCCCC. The summed E-state index contributed by atoms with van der Waals surface area (Å²) in [6, 6.07) is -0.717. The Hall–Kier alpha value is -2.44. The second-order valence-corrected chi connectivity index (χ2v) is 16.5. The van der Waals surface area contributed by atoms with Gasteiger partial charge in [0.15, 0.2) is 0 Å². The first-order valence-corrected chi connectivity index (χ1v) is 24.5. The third kappa shape index (κ3) is 40.3. The van der Waals surface area contributed by atoms with Gasteiger partial charge in [0, 0.05) is 6.42 Å². The third-order valence-electron chi connectivity index (χ3n) is 10.8. The average molecular weight is 812 g/mol. The molecule has 0 saturated heterocycles. The first-order chi connectivity index (χ1) is 28.5. The Labute approximate surface area is 358 Å². The number of rotatable bonds is 43. The molecule has 0 aromatic rings. The zero-order valence-electron chi connectivity index (χ0n) is 38.2. The Morgan fingerprint density at radius 3 is 1.38 bits per heavy atom. The van der Waals surface area contributed by atoms with Crippen LogP contribution in [-0.2, 0) is 14.3 Å². The molecule has 0 aromatic heterocycles. The highest BCUT2D eigenvalue weighted by atomic mass is 16.5. The van der Waals surface area contributed by atoms with E-state index in [1.54, 1.807) is 0 Å². The van der Waals surface area contributed by atoms with Gasteiger partial charge in [0.2, 0.25) is 5.91 Å². The van der Waals surface area contributed by atoms with Gasteiger partial charge >= 0.3 is 5.97 Å². The molecule has 336 valence electrons. The van der Waals surface area contributed by atoms with Gasteiger partial charge in [-0.1, -0.05) is 191 Å². The highest BCUT2D eigenvalue weighted by Gasteiger charge is 2.24. The van der Waals surface area contributed by atoms with Gasteiger partial charge in [-0.2, -0.15) is 0 Å². The molecule has 0 bridgehead atoms. The number of unbranched alkanes of at least 4 members (excludes halogenated alkanes) is 21. The third-order valence-corrected chi connectivity index (χ3v) is 10.8. The minimum absolute atomic E-state index is 0.0437. The van der Waals surface area contributed by atoms with Crippen molar-refractivity contribution >= 4 is 11.9 Å². The number of aliphatic hydroxyl groups is 2. The van der Waals surface area contributed by atoms with E-state index < -0.39 is 18.2 Å². The lowest BCUT2D eigenvalue weighted by atomic mass is 10.0. The maximum atomic E-state index is 13.1. The van der Waals surface area contributed by atoms with Gasteiger partial charge in [0.1, 0.15) is 6.10 Å². The van der Waals surface area contributed by atoms with Crippen molar-refractivity contribution in [1.29, 1.82) is 0 Å². The quantitative estimate of drug-likeness (QED) is 0.0324. The zero-order valence-corrected chi connectivity index (χ0v) is 38.2. The number of hydrogen-bond acceptors (Lipinski definition) is 5. The van der Waals surface area contributed by atoms with E-state index in [0.717, 1.165) is 77.0 Å². The molecule has 0 aromatic carbocycles. The van der Waals surface area contributed by atoms with E-state index in [0.29, 0.717) is 25.7 Å². The molecule has 0 heterocycles. The lowest BCUT2D eigenvalue weighted by Crippen LogP contribution is -2.46. The molecule has 3 N–H and O–H groups in total. The molecule has 6 heteroatoms. The highest BCUT2D eigenvalue weighted by molar-refractivity contribution is 5.77. The number of amides is 1. The van der Waals surface area contributed by atoms with E-state index in [9.17, 15) is 19.8 Å². The molecule has 0 spiro atoms. The van der Waals surface area contributed by atoms with Crippen molar-refractivity contribution in [3.8, 4) is 0 Å². The Morgan fingerprint density at radius 2 is 0.879 bits per heavy atom. The van der Waals surface area contributed by atoms with Gasteiger partial charge in [-0.3, -0.25) is 9.59 Å². The molecule has 6 nitrogen and oxygen atoms in total. The monoisotopic (exact) mass is 812 g/mol. The van der Waals surface area contributed by atoms with Gasteiger partial charge in [-0.15, -0.1) is 0 Å². The number of ether oxygens (including phenoxy) is 1. The summed E-state index contributed by atoms with van der Waals surface area (Å²) >= 11 is 0. The van der Waals surface area contributed by atoms with E-state index >= 15 is 0 Å². The number of esters is 1. The summed E-state index contributed by atoms with van der Waals surface area (Å²) in [5.74, 6) is -0.559. The Balaban J connectivity index is 4.63. The summed E-state index contributed by atoms with van der Waals surface area (Å²) in [4.78, 5) is 26.0. The molecule has 1 amide bonds. The van der Waals surface area contributed by atoms with Crippen LogP contribution in [0.3, 0.4) is 0 Å². The number of carbonyl (C=O) groups is 2. The number of allylic oxidation sites excluding steroid dienone is 10. The van der Waals surface area contributed by atoms with Crippen LogP contribution in [0.2, 0.25) is 0 Å². The highest BCUT2D eigenvalue weighted by Crippen LogP contribution is 2.17. The normalized spacial score (nSPS) is 13.8. The Kier molecular flexibility index (Phi) is 43.7. The molecule has 0 aliphatic rings. The number of hydrogen-bond donors (Lipinski definition) is 3. The van der Waals surface area contributed by atoms with E-state index in [1.807, 2.05) is 0 Å². The predicted molar refractivity (Wildman–Crippen MR) is 250 cm³/mol. The fourth-order valence-electron chi connectivity index (χ4n) is 7.06. The fraction of sp³-hybridized carbons (Fsp3) is 0.769. The lowest BCUT2D eigenvalue weighted by Gasteiger charge is -2.24. The summed E-state index contributed by atoms with van der Waals surface area (Å²) in [7, 11) is 0. The molecular formula is C52H93NO5. The summed E-state index contributed by atoms with van der Waals surface area (Å²) in [6.07, 6.45) is 55.7. The second-order valence-electron chi connectivity index (χ2n) is 16.5. The molecule has 0 saturated carbocycles. The molecule has 0 fully saturated rings. The summed E-state index contributed by atoms with van der Waals surface area (Å²) in [5.41, 5.74) is 0. The van der Waals surface area contributed by atoms with Crippen molar-refractivity contribution < 1.29 is 24.5 Å². The van der Waals surface area contributed by atoms with Crippen LogP contribution in [0, 0.1) is 0 Å². The van der Waals surface area contributed by atoms with Crippen LogP contribution in [0.25, 0.3) is 0 Å². The zero-order chi connectivity index (χ0) is 42.4. The summed E-state index contributed by atoms with van der Waals surface area (Å²) in [6.45, 7) is 6.40. The van der Waals surface area contributed by atoms with Gasteiger partial charge < -0.3 is 20.3 Å². The number of nitrogens with one attached hydrogen (secondary N) is 1. The van der Waals surface area contributed by atoms with Crippen molar-refractivity contribution in [3.63, 3.8) is 0 Å². The minimum Gasteiger partial charge on any atom is -0.462 e. The number of aliphatic hydroxyl groups excluding tert-OH is 2. The smallest absolute Gasteiger partial charge is 0.306 e. The standard InChI is InChI=1S/C52H93NO5/c1-4-7-10-13-16-19-22-24-25-26-27-28-30-33-36-39-42-45-52(57)58-48(43-40-37-34-31-21-18-15-12-9-6-3)46-51(56)53-49(47-54)50(55)44-41-38-35-32-29-23-20-17-14-11-8-5-2/h16,18-19,21,24-25,27-28,33,36,48-50,54-55H,4-15,17,20,22-23,26,29-32,34-35,37-47H2,1-3H3,(H,53,56)/b19-16-,21-18-,25-24-,28-27-,36-33-. The van der Waals surface area contributed by atoms with Gasteiger partial charge in [0.25, 0.3) is 0 Å². The topological polar surface area (TPSA) is 95.9 Å². The average Bonchev–Trinajstić information content (AvgIpc) is 3.22. The van der Waals surface area contributed by atoms with Crippen molar-refractivity contribution in [2.24, 2.45) is 0 Å². The first kappa shape index (κ1) is 55.6. The molecule has 0 rings (SSSR count). The van der Waals surface area contributed by atoms with Crippen LogP contribution < -0.4 is 5.32 Å². The molecule has 3 unspecified atom stereocenters. The lowest BCUT2D eigenvalue weighted by molar-refractivity contribution is -0.151. The molecule has 58 heavy (non-hydrogen) atoms. The molecule has 0 radical (unpaired) electrons. The molecule has 0 aliphatic heterocycles. The Bertz CT molecular complexity index is 1050. The van der Waals surface area contributed by atoms with E-state index in [2.05, 4.69) is 86.8 Å². The van der Waals surface area contributed by atoms with Crippen LogP contribution in [-0.4, -0.2) is 46.9 Å². The van der Waals surface area contributed by atoms with Gasteiger partial charge in [-0.05, 0) is 89.9 Å². The maximum Gasteiger partial charge on any atom is 0.306 e. The minimum atomic E-state index is -0.800. The fourth-order valence-corrected chi connectivity index (χ4v) is 7.06. The van der Waals surface area contributed by atoms with E-state index in [1.165, 1.54) is 103 Å². The molecule has 3 atom stereocenters. The summed E-state index contributed by atoms with van der Waals surface area (Å²) in [5, 5.41) is 23.7. The summed E-state index contributed by atoms with van der Waals surface area (Å²) < 4.78 is 5.87. The van der Waals surface area contributed by atoms with Crippen LogP contribution in [0.15, 0.2) is 60.8 Å². The predicted octanol–water partition coefficient (Wildman–Crippen LogP) is 14.5. The van der Waals surface area contributed by atoms with E-state index in [4.69, 9.17) is 4.74 Å². The van der Waals surface area contributed by atoms with Crippen LogP contribution >= 0.6 is 0 Å². The van der Waals surface area contributed by atoms with Gasteiger partial charge in [-0.25, -0.2) is 0 Å². The van der Waals surface area contributed by atoms with Crippen molar-refractivity contribution in [2.75, 3.05) is 6.61 Å². The van der Waals surface area contributed by atoms with Crippen molar-refractivity contribution in [2.45, 2.75) is 251 Å². The first-order valence-electron chi connectivity index (χ1n) is 24.5. The van der Waals surface area contributed by atoms with E-state index in [-0.39, 0.29) is 24.9 Å².